The van der Waals surface area contributed by atoms with Crippen LogP contribution in [0, 0.1) is 0 Å². The minimum atomic E-state index is -3.81. The molecule has 0 unspecified atom stereocenters. The number of ether oxygens (including phenoxy) is 2. The fourth-order valence-electron chi connectivity index (χ4n) is 4.57. The third-order valence-electron chi connectivity index (χ3n) is 6.47. The van der Waals surface area contributed by atoms with Crippen LogP contribution in [0.25, 0.3) is 0 Å². The zero-order valence-corrected chi connectivity index (χ0v) is 20.6. The van der Waals surface area contributed by atoms with Crippen LogP contribution in [0.4, 0.5) is 4.79 Å². The standard InChI is InChI=1S/C22H34ClN3O5S/c1-24-13-11-18(12-14-24)25(2)22(27)31-16-20-6-4-5-19(15-30-3)26(20)32(28,29)21-9-7-17(23)8-10-21/h7-10,18-20H,4-6,11-16H2,1-3H3/t19-,20+/m1/s1. The molecule has 2 atom stereocenters. The first kappa shape index (κ1) is 25.2. The van der Waals surface area contributed by atoms with Crippen molar-refractivity contribution in [2.45, 2.75) is 55.1 Å². The van der Waals surface area contributed by atoms with Gasteiger partial charge in [0.1, 0.15) is 6.61 Å². The molecule has 0 aliphatic carbocycles. The molecule has 1 aromatic carbocycles. The highest BCUT2D eigenvalue weighted by Crippen LogP contribution is 2.31. The van der Waals surface area contributed by atoms with E-state index in [0.717, 1.165) is 32.4 Å². The van der Waals surface area contributed by atoms with Gasteiger partial charge in [-0.05, 0) is 70.1 Å². The minimum Gasteiger partial charge on any atom is -0.448 e. The number of hydrogen-bond donors (Lipinski definition) is 0. The SMILES string of the molecule is COC[C@H]1CCC[C@@H](COC(=O)N(C)C2CCN(C)CC2)N1S(=O)(=O)c1ccc(Cl)cc1. The van der Waals surface area contributed by atoms with Crippen LogP contribution in [-0.2, 0) is 19.5 Å². The van der Waals surface area contributed by atoms with Crippen LogP contribution in [0.1, 0.15) is 32.1 Å². The van der Waals surface area contributed by atoms with Gasteiger partial charge in [-0.25, -0.2) is 13.2 Å². The Morgan fingerprint density at radius 2 is 1.69 bits per heavy atom. The number of nitrogens with zero attached hydrogens (tertiary/aromatic N) is 3. The molecular formula is C22H34ClN3O5S. The van der Waals surface area contributed by atoms with Gasteiger partial charge in [0.05, 0.1) is 17.5 Å². The number of halogens is 1. The van der Waals surface area contributed by atoms with Crippen molar-refractivity contribution in [2.75, 3.05) is 47.5 Å². The molecule has 0 N–H and O–H groups in total. The first-order valence-electron chi connectivity index (χ1n) is 11.1. The van der Waals surface area contributed by atoms with Crippen molar-refractivity contribution in [2.24, 2.45) is 0 Å². The molecule has 10 heteroatoms. The van der Waals surface area contributed by atoms with Crippen molar-refractivity contribution in [3.8, 4) is 0 Å². The molecule has 3 rings (SSSR count). The predicted octanol–water partition coefficient (Wildman–Crippen LogP) is 3.06. The lowest BCUT2D eigenvalue weighted by Crippen LogP contribution is -2.54. The molecular weight excluding hydrogens is 454 g/mol. The summed E-state index contributed by atoms with van der Waals surface area (Å²) in [5.41, 5.74) is 0. The Bertz CT molecular complexity index is 857. The largest absolute Gasteiger partial charge is 0.448 e. The van der Waals surface area contributed by atoms with Crippen molar-refractivity contribution in [3.05, 3.63) is 29.3 Å². The van der Waals surface area contributed by atoms with E-state index in [0.29, 0.717) is 17.9 Å². The van der Waals surface area contributed by atoms with E-state index in [1.54, 1.807) is 31.2 Å². The maximum Gasteiger partial charge on any atom is 0.409 e. The van der Waals surface area contributed by atoms with E-state index in [-0.39, 0.29) is 30.2 Å². The first-order valence-corrected chi connectivity index (χ1v) is 12.9. The fraction of sp³-hybridized carbons (Fsp3) is 0.682. The van der Waals surface area contributed by atoms with Crippen LogP contribution in [-0.4, -0.2) is 94.3 Å². The summed E-state index contributed by atoms with van der Waals surface area (Å²) in [4.78, 5) is 16.8. The quantitative estimate of drug-likeness (QED) is 0.588. The Morgan fingerprint density at radius 1 is 1.09 bits per heavy atom. The molecule has 1 aromatic rings. The number of carbonyl (C=O) groups excluding carboxylic acids is 1. The highest BCUT2D eigenvalue weighted by atomic mass is 35.5. The lowest BCUT2D eigenvalue weighted by Gasteiger charge is -2.40. The number of sulfonamides is 1. The second-order valence-electron chi connectivity index (χ2n) is 8.71. The molecule has 2 heterocycles. The highest BCUT2D eigenvalue weighted by molar-refractivity contribution is 7.89. The third kappa shape index (κ3) is 5.94. The molecule has 0 aromatic heterocycles. The average molecular weight is 488 g/mol. The van der Waals surface area contributed by atoms with Crippen LogP contribution >= 0.6 is 11.6 Å². The Morgan fingerprint density at radius 3 is 2.28 bits per heavy atom. The van der Waals surface area contributed by atoms with E-state index < -0.39 is 22.2 Å². The van der Waals surface area contributed by atoms with Gasteiger partial charge >= 0.3 is 6.09 Å². The smallest absolute Gasteiger partial charge is 0.409 e. The van der Waals surface area contributed by atoms with Gasteiger partial charge in [0, 0.05) is 31.3 Å². The molecule has 2 saturated heterocycles. The number of piperidine rings is 2. The number of amides is 1. The summed E-state index contributed by atoms with van der Waals surface area (Å²) in [6.45, 7) is 2.18. The molecule has 0 spiro atoms. The zero-order valence-electron chi connectivity index (χ0n) is 19.1. The van der Waals surface area contributed by atoms with Crippen LogP contribution in [0.5, 0.6) is 0 Å². The number of methoxy groups -OCH3 is 1. The van der Waals surface area contributed by atoms with Crippen molar-refractivity contribution >= 4 is 27.7 Å². The van der Waals surface area contributed by atoms with E-state index in [1.165, 1.54) is 16.4 Å². The van der Waals surface area contributed by atoms with E-state index in [2.05, 4.69) is 11.9 Å². The van der Waals surface area contributed by atoms with Crippen LogP contribution < -0.4 is 0 Å². The number of benzene rings is 1. The maximum absolute atomic E-state index is 13.5. The van der Waals surface area contributed by atoms with E-state index in [1.807, 2.05) is 0 Å². The summed E-state index contributed by atoms with van der Waals surface area (Å²) in [7, 11) is 1.59. The molecule has 2 aliphatic rings. The average Bonchev–Trinajstić information content (AvgIpc) is 2.78. The molecule has 0 bridgehead atoms. The lowest BCUT2D eigenvalue weighted by atomic mass is 9.99. The van der Waals surface area contributed by atoms with Gasteiger partial charge in [0.25, 0.3) is 0 Å². The van der Waals surface area contributed by atoms with Crippen molar-refractivity contribution in [1.82, 2.24) is 14.1 Å². The normalized spacial score (nSPS) is 23.8. The minimum absolute atomic E-state index is 0.0167. The van der Waals surface area contributed by atoms with Gasteiger partial charge in [-0.1, -0.05) is 18.0 Å². The van der Waals surface area contributed by atoms with Crippen LogP contribution in [0.3, 0.4) is 0 Å². The number of likely N-dealkylation sites (tertiary alicyclic amines) is 1. The van der Waals surface area contributed by atoms with Gasteiger partial charge in [-0.3, -0.25) is 0 Å². The van der Waals surface area contributed by atoms with Crippen LogP contribution in [0.2, 0.25) is 5.02 Å². The molecule has 1 amide bonds. The molecule has 0 saturated carbocycles. The van der Waals surface area contributed by atoms with Gasteiger partial charge < -0.3 is 19.3 Å². The Balaban J connectivity index is 1.73. The topological polar surface area (TPSA) is 79.4 Å². The van der Waals surface area contributed by atoms with Crippen molar-refractivity contribution < 1.29 is 22.7 Å². The maximum atomic E-state index is 13.5. The van der Waals surface area contributed by atoms with E-state index in [9.17, 15) is 13.2 Å². The zero-order chi connectivity index (χ0) is 23.3. The van der Waals surface area contributed by atoms with E-state index in [4.69, 9.17) is 21.1 Å². The highest BCUT2D eigenvalue weighted by Gasteiger charge is 2.40. The molecule has 180 valence electrons. The van der Waals surface area contributed by atoms with Gasteiger partial charge in [0.2, 0.25) is 10.0 Å². The summed E-state index contributed by atoms with van der Waals surface area (Å²) in [6, 6.07) is 5.52. The lowest BCUT2D eigenvalue weighted by molar-refractivity contribution is 0.0356. The number of carbonyl (C=O) groups is 1. The number of rotatable bonds is 7. The first-order chi connectivity index (χ1) is 15.2. The third-order valence-corrected chi connectivity index (χ3v) is 8.74. The Kier molecular flexibility index (Phi) is 8.80. The summed E-state index contributed by atoms with van der Waals surface area (Å²) in [5.74, 6) is 0. The monoisotopic (exact) mass is 487 g/mol. The number of hydrogen-bond acceptors (Lipinski definition) is 6. The van der Waals surface area contributed by atoms with Crippen molar-refractivity contribution in [3.63, 3.8) is 0 Å². The van der Waals surface area contributed by atoms with Crippen LogP contribution in [0.15, 0.2) is 29.2 Å². The summed E-state index contributed by atoms with van der Waals surface area (Å²) in [6.07, 6.45) is 3.56. The molecule has 0 radical (unpaired) electrons. The van der Waals surface area contributed by atoms with Crippen molar-refractivity contribution in [1.29, 1.82) is 0 Å². The summed E-state index contributed by atoms with van der Waals surface area (Å²) in [5, 5.41) is 0.471. The Labute approximate surface area is 196 Å². The second kappa shape index (κ2) is 11.2. The van der Waals surface area contributed by atoms with Gasteiger partial charge in [-0.2, -0.15) is 4.31 Å². The van der Waals surface area contributed by atoms with Gasteiger partial charge in [-0.15, -0.1) is 0 Å². The molecule has 32 heavy (non-hydrogen) atoms. The fourth-order valence-corrected chi connectivity index (χ4v) is 6.54. The van der Waals surface area contributed by atoms with Gasteiger partial charge in [0.15, 0.2) is 0 Å². The van der Waals surface area contributed by atoms with E-state index >= 15 is 0 Å². The predicted molar refractivity (Wildman–Crippen MR) is 123 cm³/mol. The molecule has 2 fully saturated rings. The summed E-state index contributed by atoms with van der Waals surface area (Å²) >= 11 is 5.95. The Hall–Kier alpha value is -1.39. The molecule has 2 aliphatic heterocycles. The summed E-state index contributed by atoms with van der Waals surface area (Å²) < 4.78 is 39.5. The molecule has 8 nitrogen and oxygen atoms in total. The second-order valence-corrected chi connectivity index (χ2v) is 11.0.